The Morgan fingerprint density at radius 2 is 1.97 bits per heavy atom. The van der Waals surface area contributed by atoms with Crippen LogP contribution in [0.1, 0.15) is 41.6 Å². The first kappa shape index (κ1) is 21.2. The number of nitrogen functional groups attached to an aromatic ring is 1. The van der Waals surface area contributed by atoms with Crippen LogP contribution in [0.2, 0.25) is 0 Å². The fraction of sp³-hybridized carbons (Fsp3) is 0.208. The van der Waals surface area contributed by atoms with E-state index in [9.17, 15) is 14.4 Å². The van der Waals surface area contributed by atoms with Crippen LogP contribution in [-0.4, -0.2) is 35.7 Å². The summed E-state index contributed by atoms with van der Waals surface area (Å²) in [5.41, 5.74) is 9.64. The first-order valence-electron chi connectivity index (χ1n) is 10.1. The van der Waals surface area contributed by atoms with Gasteiger partial charge >= 0.3 is 12.1 Å². The number of hydrogen-bond donors (Lipinski definition) is 2. The molecule has 8 heteroatoms. The molecule has 4 rings (SSSR count). The minimum atomic E-state index is -0.722. The molecule has 1 aliphatic heterocycles. The highest BCUT2D eigenvalue weighted by molar-refractivity contribution is 6.04. The number of aromatic nitrogens is 1. The molecule has 3 N–H and O–H groups in total. The number of rotatable bonds is 6. The molecule has 2 aromatic carbocycles. The van der Waals surface area contributed by atoms with Gasteiger partial charge in [-0.1, -0.05) is 18.2 Å². The van der Waals surface area contributed by atoms with E-state index in [2.05, 4.69) is 4.98 Å². The maximum atomic E-state index is 12.4. The lowest BCUT2D eigenvalue weighted by Gasteiger charge is -2.46. The van der Waals surface area contributed by atoms with Crippen LogP contribution in [0.25, 0.3) is 22.3 Å². The molecule has 0 aliphatic carbocycles. The summed E-state index contributed by atoms with van der Waals surface area (Å²) in [5, 5.41) is 0. The van der Waals surface area contributed by atoms with Crippen LogP contribution >= 0.6 is 0 Å². The van der Waals surface area contributed by atoms with Gasteiger partial charge in [-0.2, -0.15) is 0 Å². The Hall–Kier alpha value is -4.07. The summed E-state index contributed by atoms with van der Waals surface area (Å²) >= 11 is 0. The smallest absolute Gasteiger partial charge is 0.419 e. The highest BCUT2D eigenvalue weighted by Crippen LogP contribution is 2.39. The molecule has 32 heavy (non-hydrogen) atoms. The Morgan fingerprint density at radius 3 is 2.62 bits per heavy atom. The molecular formula is C24H23N3O5. The number of benzene rings is 2. The summed E-state index contributed by atoms with van der Waals surface area (Å²) in [6.45, 7) is 5.54. The van der Waals surface area contributed by atoms with E-state index in [1.165, 1.54) is 6.20 Å². The third-order valence-electron chi connectivity index (χ3n) is 5.34. The zero-order valence-corrected chi connectivity index (χ0v) is 18.0. The first-order chi connectivity index (χ1) is 15.3. The van der Waals surface area contributed by atoms with E-state index in [0.717, 1.165) is 11.1 Å². The number of amides is 1. The molecule has 3 aromatic rings. The molecule has 0 radical (unpaired) electrons. The van der Waals surface area contributed by atoms with E-state index < -0.39 is 17.8 Å². The quantitative estimate of drug-likeness (QED) is 0.333. The highest BCUT2D eigenvalue weighted by atomic mass is 16.6. The largest absolute Gasteiger partial charge is 0.462 e. The summed E-state index contributed by atoms with van der Waals surface area (Å²) in [6.07, 6.45) is 1.68. The lowest BCUT2D eigenvalue weighted by atomic mass is 9.95. The van der Waals surface area contributed by atoms with Crippen LogP contribution in [-0.2, 0) is 9.47 Å². The summed E-state index contributed by atoms with van der Waals surface area (Å²) in [5.74, 6) is -0.544. The number of nitrogens with zero attached hydrogens (tertiary/aromatic N) is 1. The molecule has 1 aromatic heterocycles. The number of aldehydes is 1. The van der Waals surface area contributed by atoms with Crippen LogP contribution in [0.3, 0.4) is 0 Å². The lowest BCUT2D eigenvalue weighted by Crippen LogP contribution is -2.62. The van der Waals surface area contributed by atoms with Gasteiger partial charge in [0.25, 0.3) is 0 Å². The highest BCUT2D eigenvalue weighted by Gasteiger charge is 2.47. The third-order valence-corrected chi connectivity index (χ3v) is 5.34. The van der Waals surface area contributed by atoms with Crippen LogP contribution in [0.15, 0.2) is 48.7 Å². The zero-order valence-electron chi connectivity index (χ0n) is 18.0. The number of ether oxygens (including phenoxy) is 2. The van der Waals surface area contributed by atoms with Crippen LogP contribution < -0.4 is 10.6 Å². The van der Waals surface area contributed by atoms with Crippen LogP contribution in [0.4, 0.5) is 16.2 Å². The van der Waals surface area contributed by atoms with E-state index in [0.29, 0.717) is 28.8 Å². The lowest BCUT2D eigenvalue weighted by molar-refractivity contribution is -0.0192. The van der Waals surface area contributed by atoms with Crippen molar-refractivity contribution in [2.24, 2.45) is 0 Å². The van der Waals surface area contributed by atoms with Gasteiger partial charge in [-0.3, -0.25) is 4.79 Å². The second-order valence-electron chi connectivity index (χ2n) is 7.83. The zero-order chi connectivity index (χ0) is 23.0. The van der Waals surface area contributed by atoms with E-state index >= 15 is 0 Å². The maximum Gasteiger partial charge on any atom is 0.419 e. The minimum absolute atomic E-state index is 0.206. The maximum absolute atomic E-state index is 12.4. The first-order valence-corrected chi connectivity index (χ1v) is 10.1. The number of carbonyl (C=O) groups is 3. The Kier molecular flexibility index (Phi) is 5.22. The molecule has 2 heterocycles. The van der Waals surface area contributed by atoms with Gasteiger partial charge in [-0.25, -0.2) is 14.5 Å². The normalized spacial score (nSPS) is 14.5. The van der Waals surface area contributed by atoms with Crippen molar-refractivity contribution in [3.05, 3.63) is 59.9 Å². The Labute approximate surface area is 184 Å². The fourth-order valence-electron chi connectivity index (χ4n) is 3.87. The molecular weight excluding hydrogens is 410 g/mol. The summed E-state index contributed by atoms with van der Waals surface area (Å²) in [7, 11) is 0. The van der Waals surface area contributed by atoms with Crippen molar-refractivity contribution in [1.29, 1.82) is 0 Å². The van der Waals surface area contributed by atoms with Gasteiger partial charge in [-0.05, 0) is 56.2 Å². The summed E-state index contributed by atoms with van der Waals surface area (Å²) in [4.78, 5) is 40.4. The number of esters is 1. The molecule has 1 aliphatic rings. The number of nitrogens with two attached hydrogens (primary N) is 1. The van der Waals surface area contributed by atoms with Gasteiger partial charge in [-0.15, -0.1) is 0 Å². The van der Waals surface area contributed by atoms with Gasteiger partial charge in [0.05, 0.1) is 23.6 Å². The average Bonchev–Trinajstić information content (AvgIpc) is 3.18. The van der Waals surface area contributed by atoms with Crippen LogP contribution in [0.5, 0.6) is 0 Å². The second kappa shape index (κ2) is 7.88. The predicted octanol–water partition coefficient (Wildman–Crippen LogP) is 4.61. The molecule has 0 saturated carbocycles. The average molecular weight is 433 g/mol. The monoisotopic (exact) mass is 433 g/mol. The molecule has 1 fully saturated rings. The van der Waals surface area contributed by atoms with Gasteiger partial charge in [0, 0.05) is 23.0 Å². The number of anilines is 2. The summed E-state index contributed by atoms with van der Waals surface area (Å²) < 4.78 is 10.3. The number of hydrogen-bond acceptors (Lipinski definition) is 6. The molecule has 0 atom stereocenters. The van der Waals surface area contributed by atoms with Gasteiger partial charge in [0.2, 0.25) is 0 Å². The van der Waals surface area contributed by atoms with E-state index in [4.69, 9.17) is 15.2 Å². The van der Waals surface area contributed by atoms with Crippen LogP contribution in [0, 0.1) is 0 Å². The molecule has 164 valence electrons. The van der Waals surface area contributed by atoms with Crippen molar-refractivity contribution in [2.45, 2.75) is 26.5 Å². The number of cyclic esters (lactones) is 1. The van der Waals surface area contributed by atoms with Gasteiger partial charge < -0.3 is 20.2 Å². The van der Waals surface area contributed by atoms with Crippen molar-refractivity contribution in [3.8, 4) is 22.3 Å². The van der Waals surface area contributed by atoms with E-state index in [1.54, 1.807) is 17.9 Å². The number of aromatic amines is 1. The molecule has 0 unspecified atom stereocenters. The second-order valence-corrected chi connectivity index (χ2v) is 7.83. The third kappa shape index (κ3) is 3.49. The fourth-order valence-corrected chi connectivity index (χ4v) is 3.87. The molecule has 0 bridgehead atoms. The molecule has 8 nitrogen and oxygen atoms in total. The van der Waals surface area contributed by atoms with Gasteiger partial charge in [0.15, 0.2) is 12.0 Å². The topological polar surface area (TPSA) is 115 Å². The SMILES string of the molecule is CCOC(=O)c1c[nH]c(C=O)c1-c1cc(-c2cccc(N3C(=O)OC3(C)C)c2)ccc1N. The summed E-state index contributed by atoms with van der Waals surface area (Å²) in [6, 6.07) is 12.8. The van der Waals surface area contributed by atoms with Crippen molar-refractivity contribution in [2.75, 3.05) is 17.2 Å². The Morgan fingerprint density at radius 1 is 1.22 bits per heavy atom. The van der Waals surface area contributed by atoms with Crippen molar-refractivity contribution in [3.63, 3.8) is 0 Å². The number of nitrogens with one attached hydrogen (secondary N) is 1. The Bertz CT molecular complexity index is 1230. The predicted molar refractivity (Wildman–Crippen MR) is 120 cm³/mol. The van der Waals surface area contributed by atoms with E-state index in [1.807, 2.05) is 50.2 Å². The number of carbonyl (C=O) groups excluding carboxylic acids is 3. The van der Waals surface area contributed by atoms with Gasteiger partial charge in [0.1, 0.15) is 0 Å². The van der Waals surface area contributed by atoms with E-state index in [-0.39, 0.29) is 17.9 Å². The van der Waals surface area contributed by atoms with Crippen molar-refractivity contribution in [1.82, 2.24) is 4.98 Å². The van der Waals surface area contributed by atoms with Crippen molar-refractivity contribution < 1.29 is 23.9 Å². The molecule has 1 amide bonds. The Balaban J connectivity index is 1.80. The minimum Gasteiger partial charge on any atom is -0.462 e. The molecule has 0 spiro atoms. The van der Waals surface area contributed by atoms with Crippen molar-refractivity contribution >= 4 is 29.7 Å². The number of H-pyrrole nitrogens is 1. The molecule has 1 saturated heterocycles. The standard InChI is InChI=1S/C24H23N3O5/c1-4-31-22(29)18-12-26-20(13-28)21(18)17-11-15(8-9-19(17)25)14-6-5-7-16(10-14)27-23(30)32-24(27,2)3/h5-13,26H,4,25H2,1-3H3.